The van der Waals surface area contributed by atoms with Gasteiger partial charge < -0.3 is 0 Å². The quantitative estimate of drug-likeness (QED) is 0.423. The van der Waals surface area contributed by atoms with E-state index in [1.165, 1.54) is 49.7 Å². The van der Waals surface area contributed by atoms with Gasteiger partial charge in [-0.2, -0.15) is 0 Å². The van der Waals surface area contributed by atoms with Crippen molar-refractivity contribution >= 4 is 7.92 Å². The van der Waals surface area contributed by atoms with Crippen molar-refractivity contribution in [3.8, 4) is 0 Å². The van der Waals surface area contributed by atoms with Crippen molar-refractivity contribution in [3.63, 3.8) is 0 Å². The molecule has 0 bridgehead atoms. The number of aryl methyl sites for hydroxylation is 2. The number of unbranched alkanes of at least 4 members (excludes halogenated alkanes) is 1. The van der Waals surface area contributed by atoms with Gasteiger partial charge in [0.15, 0.2) is 0 Å². The zero-order valence-corrected chi connectivity index (χ0v) is 19.2. The molecular weight excluding hydrogens is 367 g/mol. The van der Waals surface area contributed by atoms with E-state index in [-0.39, 0.29) is 7.92 Å². The summed E-state index contributed by atoms with van der Waals surface area (Å²) in [5.41, 5.74) is 7.63. The zero-order chi connectivity index (χ0) is 20.3. The second kappa shape index (κ2) is 9.01. The topological polar surface area (TPSA) is 0 Å². The van der Waals surface area contributed by atoms with Gasteiger partial charge in [0.2, 0.25) is 0 Å². The van der Waals surface area contributed by atoms with Crippen LogP contribution in [0, 0.1) is 13.8 Å². The van der Waals surface area contributed by atoms with Crippen molar-refractivity contribution in [2.75, 3.05) is 0 Å². The van der Waals surface area contributed by atoms with Crippen LogP contribution in [0.4, 0.5) is 0 Å². The summed E-state index contributed by atoms with van der Waals surface area (Å²) in [4.78, 5) is 0. The molecule has 1 heterocycles. The van der Waals surface area contributed by atoms with Crippen LogP contribution in [-0.2, 0) is 0 Å². The van der Waals surface area contributed by atoms with E-state index in [0.717, 1.165) is 0 Å². The highest BCUT2D eigenvalue weighted by molar-refractivity contribution is 7.60. The molecule has 1 saturated heterocycles. The van der Waals surface area contributed by atoms with Gasteiger partial charge in [0.05, 0.1) is 0 Å². The molecule has 2 aromatic carbocycles. The van der Waals surface area contributed by atoms with E-state index in [1.807, 2.05) is 0 Å². The molecule has 0 spiro atoms. The Bertz CT molecular complexity index is 839. The summed E-state index contributed by atoms with van der Waals surface area (Å²) >= 11 is 0. The first-order valence-electron chi connectivity index (χ1n) is 11.4. The molecule has 2 aromatic rings. The predicted octanol–water partition coefficient (Wildman–Crippen LogP) is 8.81. The second-order valence-electron chi connectivity index (χ2n) is 8.93. The van der Waals surface area contributed by atoms with Crippen LogP contribution in [0.1, 0.15) is 79.0 Å². The Kier molecular flexibility index (Phi) is 6.41. The van der Waals surface area contributed by atoms with Gasteiger partial charge >= 0.3 is 0 Å². The van der Waals surface area contributed by atoms with Crippen LogP contribution in [0.3, 0.4) is 0 Å². The maximum Gasteiger partial charge on any atom is 0.0132 e. The number of rotatable bonds is 6. The smallest absolute Gasteiger partial charge is 0.0132 e. The molecule has 0 saturated carbocycles. The van der Waals surface area contributed by atoms with E-state index < -0.39 is 0 Å². The fraction of sp³-hybridized carbons (Fsp3) is 0.429. The van der Waals surface area contributed by atoms with Crippen LogP contribution in [0.5, 0.6) is 0 Å². The van der Waals surface area contributed by atoms with Crippen LogP contribution in [-0.4, -0.2) is 5.16 Å². The summed E-state index contributed by atoms with van der Waals surface area (Å²) in [5, 5.41) is 0.344. The van der Waals surface area contributed by atoms with Crippen LogP contribution in [0.15, 0.2) is 72.8 Å². The van der Waals surface area contributed by atoms with Gasteiger partial charge in [-0.25, -0.2) is 0 Å². The molecule has 29 heavy (non-hydrogen) atoms. The Morgan fingerprint density at radius 1 is 0.862 bits per heavy atom. The molecule has 1 fully saturated rings. The van der Waals surface area contributed by atoms with Crippen molar-refractivity contribution in [2.24, 2.45) is 0 Å². The summed E-state index contributed by atoms with van der Waals surface area (Å²) in [6, 6.07) is 18.4. The molecule has 1 aliphatic heterocycles. The van der Waals surface area contributed by atoms with Gasteiger partial charge in [0.25, 0.3) is 0 Å². The number of hydrogen-bond donors (Lipinski definition) is 0. The fourth-order valence-electron chi connectivity index (χ4n) is 5.61. The Balaban J connectivity index is 1.83. The summed E-state index contributed by atoms with van der Waals surface area (Å²) in [5.74, 6) is 0. The molecule has 1 aliphatic carbocycles. The highest BCUT2D eigenvalue weighted by Gasteiger charge is 2.49. The summed E-state index contributed by atoms with van der Waals surface area (Å²) in [6.07, 6.45) is 17.5. The molecule has 0 aromatic heterocycles. The molecular formula is C28H35P. The molecule has 0 amide bonds. The normalized spacial score (nSPS) is 28.7. The Hall–Kier alpha value is -1.65. The summed E-state index contributed by atoms with van der Waals surface area (Å²) in [6.45, 7) is 6.98. The van der Waals surface area contributed by atoms with Gasteiger partial charge in [-0.3, -0.25) is 0 Å². The standard InChI is InChI=1S/C28H35P/c1-4-5-19-28(20-11-6-12-21-28)29-26(24-15-9-7-13-22(24)2)17-18-27(29)25-16-10-8-14-23(25)3/h6-16,20,26-27H,4-5,17-19,21H2,1-3H3. The first kappa shape index (κ1) is 20.6. The third-order valence-electron chi connectivity index (χ3n) is 7.08. The average Bonchev–Trinajstić information content (AvgIpc) is 3.19. The van der Waals surface area contributed by atoms with E-state index in [2.05, 4.69) is 93.6 Å². The summed E-state index contributed by atoms with van der Waals surface area (Å²) < 4.78 is 0. The maximum absolute atomic E-state index is 2.62. The lowest BCUT2D eigenvalue weighted by Crippen LogP contribution is -2.27. The highest BCUT2D eigenvalue weighted by Crippen LogP contribution is 2.78. The molecule has 1 heteroatoms. The molecule has 3 atom stereocenters. The van der Waals surface area contributed by atoms with E-state index in [1.54, 1.807) is 11.1 Å². The van der Waals surface area contributed by atoms with Gasteiger partial charge in [0.1, 0.15) is 0 Å². The Morgan fingerprint density at radius 2 is 1.45 bits per heavy atom. The minimum Gasteiger partial charge on any atom is -0.0833 e. The first-order chi connectivity index (χ1) is 14.2. The van der Waals surface area contributed by atoms with Gasteiger partial charge in [-0.15, -0.1) is 0 Å². The Labute approximate surface area is 178 Å². The van der Waals surface area contributed by atoms with Crippen molar-refractivity contribution in [3.05, 3.63) is 95.1 Å². The molecule has 0 radical (unpaired) electrons. The minimum absolute atomic E-state index is 0.209. The highest BCUT2D eigenvalue weighted by atomic mass is 31.1. The van der Waals surface area contributed by atoms with E-state index >= 15 is 0 Å². The van der Waals surface area contributed by atoms with Crippen LogP contribution >= 0.6 is 7.92 Å². The molecule has 2 aliphatic rings. The lowest BCUT2D eigenvalue weighted by Gasteiger charge is -2.45. The number of hydrogen-bond acceptors (Lipinski definition) is 0. The van der Waals surface area contributed by atoms with Crippen LogP contribution in [0.25, 0.3) is 0 Å². The van der Waals surface area contributed by atoms with Crippen molar-refractivity contribution in [2.45, 2.75) is 75.8 Å². The third kappa shape index (κ3) is 4.02. The van der Waals surface area contributed by atoms with Crippen molar-refractivity contribution < 1.29 is 0 Å². The molecule has 4 rings (SSSR count). The van der Waals surface area contributed by atoms with Crippen molar-refractivity contribution in [1.29, 1.82) is 0 Å². The van der Waals surface area contributed by atoms with E-state index in [0.29, 0.717) is 16.5 Å². The molecule has 0 nitrogen and oxygen atoms in total. The fourth-order valence-corrected chi connectivity index (χ4v) is 10.3. The summed E-state index contributed by atoms with van der Waals surface area (Å²) in [7, 11) is -0.209. The molecule has 152 valence electrons. The monoisotopic (exact) mass is 402 g/mol. The first-order valence-corrected chi connectivity index (χ1v) is 12.9. The predicted molar refractivity (Wildman–Crippen MR) is 129 cm³/mol. The largest absolute Gasteiger partial charge is 0.0833 e. The second-order valence-corrected chi connectivity index (χ2v) is 11.9. The Morgan fingerprint density at radius 3 is 1.93 bits per heavy atom. The van der Waals surface area contributed by atoms with Crippen LogP contribution < -0.4 is 0 Å². The lowest BCUT2D eigenvalue weighted by molar-refractivity contribution is 0.584. The van der Waals surface area contributed by atoms with E-state index in [4.69, 9.17) is 0 Å². The zero-order valence-electron chi connectivity index (χ0n) is 18.3. The number of benzene rings is 2. The van der Waals surface area contributed by atoms with Gasteiger partial charge in [-0.1, -0.05) is 101 Å². The molecule has 0 N–H and O–H groups in total. The SMILES string of the molecule is CCCCC1(P2C(c3ccccc3C)CCC2c2ccccc2C)C=CC=CC1. The van der Waals surface area contributed by atoms with Gasteiger partial charge in [0, 0.05) is 16.5 Å². The number of allylic oxidation sites excluding steroid dienone is 4. The molecule has 3 unspecified atom stereocenters. The lowest BCUT2D eigenvalue weighted by atomic mass is 9.94. The third-order valence-corrected chi connectivity index (χ3v) is 11.1. The van der Waals surface area contributed by atoms with E-state index in [9.17, 15) is 0 Å². The average molecular weight is 403 g/mol. The van der Waals surface area contributed by atoms with Crippen molar-refractivity contribution in [1.82, 2.24) is 0 Å². The van der Waals surface area contributed by atoms with Crippen LogP contribution in [0.2, 0.25) is 0 Å². The van der Waals surface area contributed by atoms with Gasteiger partial charge in [-0.05, 0) is 61.8 Å². The minimum atomic E-state index is -0.209. The maximum atomic E-state index is 2.62.